The van der Waals surface area contributed by atoms with Crippen molar-refractivity contribution in [2.45, 2.75) is 31.2 Å². The van der Waals surface area contributed by atoms with Gasteiger partial charge in [0.2, 0.25) is 10.0 Å². The molecule has 2 rings (SSSR count). The zero-order valence-electron chi connectivity index (χ0n) is 16.0. The number of anilines is 2. The van der Waals surface area contributed by atoms with Crippen LogP contribution in [-0.2, 0) is 10.0 Å². The Kier molecular flexibility index (Phi) is 5.91. The van der Waals surface area contributed by atoms with Crippen LogP contribution in [0.25, 0.3) is 0 Å². The molecule has 0 aliphatic rings. The normalized spacial score (nSPS) is 11.9. The molecule has 0 radical (unpaired) electrons. The molecule has 0 aromatic heterocycles. The molecule has 0 spiro atoms. The van der Waals surface area contributed by atoms with E-state index in [0.717, 1.165) is 0 Å². The number of amides is 1. The van der Waals surface area contributed by atoms with Crippen LogP contribution < -0.4 is 14.9 Å². The number of benzene rings is 2. The van der Waals surface area contributed by atoms with Gasteiger partial charge >= 0.3 is 0 Å². The van der Waals surface area contributed by atoms with Gasteiger partial charge in [-0.3, -0.25) is 4.79 Å². The van der Waals surface area contributed by atoms with E-state index in [4.69, 9.17) is 0 Å². The molecule has 6 nitrogen and oxygen atoms in total. The lowest BCUT2D eigenvalue weighted by Crippen LogP contribution is -2.40. The molecule has 0 heterocycles. The number of rotatable bonds is 5. The zero-order chi connectivity index (χ0) is 20.4. The van der Waals surface area contributed by atoms with Crippen molar-refractivity contribution in [3.8, 4) is 0 Å². The number of halogens is 1. The molecule has 27 heavy (non-hydrogen) atoms. The van der Waals surface area contributed by atoms with Crippen LogP contribution in [-0.4, -0.2) is 34.0 Å². The molecule has 0 atom stereocenters. The van der Waals surface area contributed by atoms with Crippen LogP contribution in [0, 0.1) is 5.82 Å². The number of sulfonamides is 1. The number of carbonyl (C=O) groups excluding carboxylic acids is 1. The second-order valence-electron chi connectivity index (χ2n) is 7.43. The quantitative estimate of drug-likeness (QED) is 0.818. The number of hydrogen-bond donors (Lipinski definition) is 2. The lowest BCUT2D eigenvalue weighted by Gasteiger charge is -2.20. The summed E-state index contributed by atoms with van der Waals surface area (Å²) in [6.07, 6.45) is 0. The van der Waals surface area contributed by atoms with Crippen molar-refractivity contribution in [1.82, 2.24) is 4.72 Å². The van der Waals surface area contributed by atoms with Gasteiger partial charge in [-0.25, -0.2) is 17.5 Å². The van der Waals surface area contributed by atoms with Gasteiger partial charge in [0.15, 0.2) is 0 Å². The molecule has 1 amide bonds. The Labute approximate surface area is 159 Å². The van der Waals surface area contributed by atoms with Crippen LogP contribution in [0.4, 0.5) is 15.8 Å². The van der Waals surface area contributed by atoms with Crippen molar-refractivity contribution in [1.29, 1.82) is 0 Å². The molecule has 0 unspecified atom stereocenters. The van der Waals surface area contributed by atoms with E-state index < -0.39 is 27.3 Å². The Morgan fingerprint density at radius 2 is 1.74 bits per heavy atom. The second kappa shape index (κ2) is 7.66. The van der Waals surface area contributed by atoms with Gasteiger partial charge < -0.3 is 10.2 Å². The maximum Gasteiger partial charge on any atom is 0.255 e. The minimum Gasteiger partial charge on any atom is -0.378 e. The average molecular weight is 393 g/mol. The fraction of sp³-hybridized carbons (Fsp3) is 0.316. The molecular formula is C19H24FN3O3S. The van der Waals surface area contributed by atoms with Gasteiger partial charge in [-0.05, 0) is 57.2 Å². The zero-order valence-corrected chi connectivity index (χ0v) is 16.8. The lowest BCUT2D eigenvalue weighted by molar-refractivity contribution is 0.102. The fourth-order valence-corrected chi connectivity index (χ4v) is 3.84. The molecule has 0 bridgehead atoms. The van der Waals surface area contributed by atoms with E-state index >= 15 is 0 Å². The summed E-state index contributed by atoms with van der Waals surface area (Å²) < 4.78 is 41.2. The standard InChI is InChI=1S/C19H24FN3O3S/c1-19(2,3)22-27(25,26)17-8-6-7-13(9-17)18(24)21-15-10-14(20)11-16(12-15)23(4)5/h6-12,22H,1-5H3,(H,21,24). The van der Waals surface area contributed by atoms with Gasteiger partial charge in [0.25, 0.3) is 5.91 Å². The largest absolute Gasteiger partial charge is 0.378 e. The van der Waals surface area contributed by atoms with E-state index in [-0.39, 0.29) is 16.1 Å². The maximum atomic E-state index is 13.8. The third-order valence-electron chi connectivity index (χ3n) is 3.50. The van der Waals surface area contributed by atoms with Gasteiger partial charge in [0.05, 0.1) is 4.90 Å². The predicted molar refractivity (Wildman–Crippen MR) is 105 cm³/mol. The number of nitrogens with one attached hydrogen (secondary N) is 2. The van der Waals surface area contributed by atoms with E-state index in [2.05, 4.69) is 10.0 Å². The third kappa shape index (κ3) is 5.77. The second-order valence-corrected chi connectivity index (χ2v) is 9.11. The highest BCUT2D eigenvalue weighted by Crippen LogP contribution is 2.21. The number of carbonyl (C=O) groups is 1. The fourth-order valence-electron chi connectivity index (χ4n) is 2.37. The Morgan fingerprint density at radius 1 is 1.07 bits per heavy atom. The first-order valence-electron chi connectivity index (χ1n) is 8.31. The highest BCUT2D eigenvalue weighted by molar-refractivity contribution is 7.89. The summed E-state index contributed by atoms with van der Waals surface area (Å²) in [5.74, 6) is -1.01. The molecule has 0 aliphatic heterocycles. The van der Waals surface area contributed by atoms with Crippen molar-refractivity contribution in [3.63, 3.8) is 0 Å². The van der Waals surface area contributed by atoms with Crippen LogP contribution in [0.15, 0.2) is 47.4 Å². The first-order chi connectivity index (χ1) is 12.4. The molecule has 2 aromatic rings. The van der Waals surface area contributed by atoms with Gasteiger partial charge in [0, 0.05) is 36.6 Å². The van der Waals surface area contributed by atoms with Crippen LogP contribution in [0.2, 0.25) is 0 Å². The molecule has 2 N–H and O–H groups in total. The summed E-state index contributed by atoms with van der Waals surface area (Å²) in [6, 6.07) is 9.86. The summed E-state index contributed by atoms with van der Waals surface area (Å²) in [4.78, 5) is 14.2. The SMILES string of the molecule is CN(C)c1cc(F)cc(NC(=O)c2cccc(S(=O)(=O)NC(C)(C)C)c2)c1. The Bertz CT molecular complexity index is 951. The van der Waals surface area contributed by atoms with E-state index in [1.54, 1.807) is 45.8 Å². The monoisotopic (exact) mass is 393 g/mol. The van der Waals surface area contributed by atoms with Gasteiger partial charge in [0.1, 0.15) is 5.82 Å². The predicted octanol–water partition coefficient (Wildman–Crippen LogP) is 3.22. The minimum atomic E-state index is -3.77. The number of hydrogen-bond acceptors (Lipinski definition) is 4. The number of nitrogens with zero attached hydrogens (tertiary/aromatic N) is 1. The Morgan fingerprint density at radius 3 is 2.33 bits per heavy atom. The molecule has 8 heteroatoms. The maximum absolute atomic E-state index is 13.8. The van der Waals surface area contributed by atoms with Crippen LogP contribution in [0.1, 0.15) is 31.1 Å². The van der Waals surface area contributed by atoms with Crippen LogP contribution >= 0.6 is 0 Å². The van der Waals surface area contributed by atoms with Crippen molar-refractivity contribution in [2.24, 2.45) is 0 Å². The van der Waals surface area contributed by atoms with Gasteiger partial charge in [-0.2, -0.15) is 0 Å². The average Bonchev–Trinajstić information content (AvgIpc) is 2.52. The van der Waals surface area contributed by atoms with E-state index in [1.165, 1.54) is 36.4 Å². The Balaban J connectivity index is 2.28. The summed E-state index contributed by atoms with van der Waals surface area (Å²) in [5, 5.41) is 2.60. The van der Waals surface area contributed by atoms with E-state index in [9.17, 15) is 17.6 Å². The molecule has 0 aliphatic carbocycles. The van der Waals surface area contributed by atoms with E-state index in [1.807, 2.05) is 0 Å². The summed E-state index contributed by atoms with van der Waals surface area (Å²) in [6.45, 7) is 5.19. The van der Waals surface area contributed by atoms with E-state index in [0.29, 0.717) is 5.69 Å². The molecular weight excluding hydrogens is 369 g/mol. The molecule has 0 fully saturated rings. The molecule has 0 saturated heterocycles. The molecule has 2 aromatic carbocycles. The summed E-state index contributed by atoms with van der Waals surface area (Å²) >= 11 is 0. The van der Waals surface area contributed by atoms with Crippen molar-refractivity contribution >= 4 is 27.3 Å². The smallest absolute Gasteiger partial charge is 0.255 e. The highest BCUT2D eigenvalue weighted by atomic mass is 32.2. The van der Waals surface area contributed by atoms with Gasteiger partial charge in [-0.15, -0.1) is 0 Å². The molecule has 146 valence electrons. The highest BCUT2D eigenvalue weighted by Gasteiger charge is 2.22. The van der Waals surface area contributed by atoms with Crippen molar-refractivity contribution in [2.75, 3.05) is 24.3 Å². The topological polar surface area (TPSA) is 78.5 Å². The summed E-state index contributed by atoms with van der Waals surface area (Å²) in [7, 11) is -0.247. The first-order valence-corrected chi connectivity index (χ1v) is 9.79. The minimum absolute atomic E-state index is 0.0155. The van der Waals surface area contributed by atoms with Crippen LogP contribution in [0.3, 0.4) is 0 Å². The van der Waals surface area contributed by atoms with Crippen LogP contribution in [0.5, 0.6) is 0 Å². The van der Waals surface area contributed by atoms with Crippen molar-refractivity contribution in [3.05, 3.63) is 53.8 Å². The van der Waals surface area contributed by atoms with Gasteiger partial charge in [-0.1, -0.05) is 6.07 Å². The third-order valence-corrected chi connectivity index (χ3v) is 5.26. The molecule has 0 saturated carbocycles. The first kappa shape index (κ1) is 20.9. The summed E-state index contributed by atoms with van der Waals surface area (Å²) in [5.41, 5.74) is 0.379. The Hall–Kier alpha value is -2.45. The lowest BCUT2D eigenvalue weighted by atomic mass is 10.1. The van der Waals surface area contributed by atoms with Crippen molar-refractivity contribution < 1.29 is 17.6 Å².